The SMILES string of the molecule is COc1ccc(S(=O)(=O)NCCC(=O)NCC(=O)Nc2cccc(Cl)c2C)cc1. The van der Waals surface area contributed by atoms with Crippen LogP contribution in [0, 0.1) is 6.92 Å². The first kappa shape index (κ1) is 22.7. The number of amides is 2. The third-order valence-electron chi connectivity index (χ3n) is 4.00. The normalized spacial score (nSPS) is 11.0. The van der Waals surface area contributed by atoms with Crippen molar-refractivity contribution < 1.29 is 22.7 Å². The van der Waals surface area contributed by atoms with E-state index < -0.39 is 21.8 Å². The van der Waals surface area contributed by atoms with Gasteiger partial charge < -0.3 is 15.4 Å². The minimum atomic E-state index is -3.74. The third kappa shape index (κ3) is 6.74. The summed E-state index contributed by atoms with van der Waals surface area (Å²) in [5, 5.41) is 5.62. The number of hydrogen-bond donors (Lipinski definition) is 3. The van der Waals surface area contributed by atoms with Gasteiger partial charge in [-0.05, 0) is 48.9 Å². The van der Waals surface area contributed by atoms with E-state index in [4.69, 9.17) is 16.3 Å². The highest BCUT2D eigenvalue weighted by atomic mass is 35.5. The molecule has 2 aromatic rings. The summed E-state index contributed by atoms with van der Waals surface area (Å²) in [5.74, 6) is -0.336. The van der Waals surface area contributed by atoms with Crippen LogP contribution in [0.4, 0.5) is 5.69 Å². The molecule has 3 N–H and O–H groups in total. The van der Waals surface area contributed by atoms with Crippen LogP contribution in [0.2, 0.25) is 5.02 Å². The summed E-state index contributed by atoms with van der Waals surface area (Å²) in [6.45, 7) is 1.43. The van der Waals surface area contributed by atoms with Gasteiger partial charge in [-0.2, -0.15) is 0 Å². The third-order valence-corrected chi connectivity index (χ3v) is 5.89. The van der Waals surface area contributed by atoms with Gasteiger partial charge in [-0.25, -0.2) is 13.1 Å². The van der Waals surface area contributed by atoms with Gasteiger partial charge in [0.2, 0.25) is 21.8 Å². The molecule has 0 spiro atoms. The number of ether oxygens (including phenoxy) is 1. The van der Waals surface area contributed by atoms with Gasteiger partial charge in [0.25, 0.3) is 0 Å². The van der Waals surface area contributed by atoms with Crippen LogP contribution in [0.3, 0.4) is 0 Å². The Morgan fingerprint density at radius 2 is 1.76 bits per heavy atom. The van der Waals surface area contributed by atoms with Crippen molar-refractivity contribution in [3.05, 3.63) is 53.1 Å². The summed E-state index contributed by atoms with van der Waals surface area (Å²) in [5.41, 5.74) is 1.28. The van der Waals surface area contributed by atoms with Crippen LogP contribution in [0.25, 0.3) is 0 Å². The lowest BCUT2D eigenvalue weighted by molar-refractivity contribution is -0.124. The summed E-state index contributed by atoms with van der Waals surface area (Å²) >= 11 is 5.99. The maximum atomic E-state index is 12.2. The topological polar surface area (TPSA) is 114 Å². The van der Waals surface area contributed by atoms with Gasteiger partial charge in [0, 0.05) is 23.7 Å². The standard InChI is InChI=1S/C19H22ClN3O5S/c1-13-16(20)4-3-5-17(13)23-19(25)12-21-18(24)10-11-22-29(26,27)15-8-6-14(28-2)7-9-15/h3-9,22H,10-12H2,1-2H3,(H,21,24)(H,23,25). The van der Waals surface area contributed by atoms with Crippen LogP contribution >= 0.6 is 11.6 Å². The Kier molecular flexibility index (Phi) is 8.00. The Bertz CT molecular complexity index is 978. The van der Waals surface area contributed by atoms with E-state index in [1.807, 2.05) is 0 Å². The number of halogens is 1. The molecule has 0 saturated heterocycles. The number of carbonyl (C=O) groups is 2. The molecule has 0 bridgehead atoms. The molecular weight excluding hydrogens is 418 g/mol. The molecule has 2 rings (SSSR count). The molecule has 0 fully saturated rings. The molecule has 10 heteroatoms. The number of sulfonamides is 1. The van der Waals surface area contributed by atoms with Gasteiger partial charge in [0.15, 0.2) is 0 Å². The number of benzene rings is 2. The van der Waals surface area contributed by atoms with Gasteiger partial charge in [-0.3, -0.25) is 9.59 Å². The van der Waals surface area contributed by atoms with Crippen molar-refractivity contribution >= 4 is 39.1 Å². The Balaban J connectivity index is 1.76. The van der Waals surface area contributed by atoms with Crippen molar-refractivity contribution in [2.75, 3.05) is 25.5 Å². The van der Waals surface area contributed by atoms with Crippen LogP contribution in [0.15, 0.2) is 47.4 Å². The lowest BCUT2D eigenvalue weighted by Crippen LogP contribution is -2.35. The predicted octanol–water partition coefficient (Wildman–Crippen LogP) is 2.08. The Hall–Kier alpha value is -2.62. The van der Waals surface area contributed by atoms with Gasteiger partial charge >= 0.3 is 0 Å². The van der Waals surface area contributed by atoms with Crippen molar-refractivity contribution in [3.8, 4) is 5.75 Å². The number of methoxy groups -OCH3 is 1. The Labute approximate surface area is 174 Å². The minimum absolute atomic E-state index is 0.0648. The molecule has 29 heavy (non-hydrogen) atoms. The maximum Gasteiger partial charge on any atom is 0.243 e. The predicted molar refractivity (Wildman–Crippen MR) is 111 cm³/mol. The first-order valence-corrected chi connectivity index (χ1v) is 10.5. The molecule has 0 unspecified atom stereocenters. The number of carbonyl (C=O) groups excluding carboxylic acids is 2. The van der Waals surface area contributed by atoms with E-state index in [1.54, 1.807) is 25.1 Å². The largest absolute Gasteiger partial charge is 0.497 e. The average molecular weight is 440 g/mol. The van der Waals surface area contributed by atoms with Gasteiger partial charge in [0.1, 0.15) is 5.75 Å². The van der Waals surface area contributed by atoms with Gasteiger partial charge in [-0.15, -0.1) is 0 Å². The second-order valence-electron chi connectivity index (χ2n) is 6.06. The molecule has 2 amide bonds. The average Bonchev–Trinajstić information content (AvgIpc) is 2.70. The van der Waals surface area contributed by atoms with E-state index in [1.165, 1.54) is 31.4 Å². The molecule has 0 aliphatic carbocycles. The number of rotatable bonds is 9. The first-order valence-electron chi connectivity index (χ1n) is 8.68. The van der Waals surface area contributed by atoms with Crippen LogP contribution in [-0.2, 0) is 19.6 Å². The summed E-state index contributed by atoms with van der Waals surface area (Å²) in [6, 6.07) is 11.0. The molecule has 8 nitrogen and oxygen atoms in total. The fourth-order valence-electron chi connectivity index (χ4n) is 2.34. The van der Waals surface area contributed by atoms with E-state index >= 15 is 0 Å². The number of hydrogen-bond acceptors (Lipinski definition) is 5. The zero-order chi connectivity index (χ0) is 21.4. The zero-order valence-electron chi connectivity index (χ0n) is 16.0. The van der Waals surface area contributed by atoms with Gasteiger partial charge in [-0.1, -0.05) is 17.7 Å². The fraction of sp³-hybridized carbons (Fsp3) is 0.263. The molecular formula is C19H22ClN3O5S. The summed E-state index contributed by atoms with van der Waals surface area (Å²) in [7, 11) is -2.26. The van der Waals surface area contributed by atoms with Crippen LogP contribution in [0.1, 0.15) is 12.0 Å². The zero-order valence-corrected chi connectivity index (χ0v) is 17.6. The molecule has 0 radical (unpaired) electrons. The molecule has 0 saturated carbocycles. The van der Waals surface area contributed by atoms with Crippen molar-refractivity contribution in [2.45, 2.75) is 18.2 Å². The minimum Gasteiger partial charge on any atom is -0.497 e. The summed E-state index contributed by atoms with van der Waals surface area (Å²) < 4.78 is 31.7. The monoisotopic (exact) mass is 439 g/mol. The first-order chi connectivity index (χ1) is 13.7. The molecule has 0 aromatic heterocycles. The van der Waals surface area contributed by atoms with Crippen molar-refractivity contribution in [2.24, 2.45) is 0 Å². The van der Waals surface area contributed by atoms with Crippen LogP contribution in [0.5, 0.6) is 5.75 Å². The summed E-state index contributed by atoms with van der Waals surface area (Å²) in [6.07, 6.45) is -0.112. The van der Waals surface area contributed by atoms with Crippen LogP contribution < -0.4 is 20.1 Å². The summed E-state index contributed by atoms with van der Waals surface area (Å²) in [4.78, 5) is 23.9. The quantitative estimate of drug-likeness (QED) is 0.553. The van der Waals surface area contributed by atoms with E-state index in [2.05, 4.69) is 15.4 Å². The Morgan fingerprint density at radius 3 is 2.41 bits per heavy atom. The molecule has 0 aliphatic heterocycles. The molecule has 0 heterocycles. The second-order valence-corrected chi connectivity index (χ2v) is 8.23. The molecule has 156 valence electrons. The van der Waals surface area contributed by atoms with Crippen molar-refractivity contribution in [1.82, 2.24) is 10.0 Å². The Morgan fingerprint density at radius 1 is 1.07 bits per heavy atom. The van der Waals surface area contributed by atoms with E-state index in [9.17, 15) is 18.0 Å². The van der Waals surface area contributed by atoms with Crippen molar-refractivity contribution in [1.29, 1.82) is 0 Å². The van der Waals surface area contributed by atoms with Crippen LogP contribution in [-0.4, -0.2) is 40.4 Å². The lowest BCUT2D eigenvalue weighted by Gasteiger charge is -2.10. The highest BCUT2D eigenvalue weighted by Gasteiger charge is 2.14. The highest BCUT2D eigenvalue weighted by molar-refractivity contribution is 7.89. The van der Waals surface area contributed by atoms with Gasteiger partial charge in [0.05, 0.1) is 18.6 Å². The number of anilines is 1. The second kappa shape index (κ2) is 10.2. The smallest absolute Gasteiger partial charge is 0.243 e. The van der Waals surface area contributed by atoms with E-state index in [0.717, 1.165) is 5.56 Å². The van der Waals surface area contributed by atoms with E-state index in [-0.39, 0.29) is 24.4 Å². The maximum absolute atomic E-state index is 12.2. The van der Waals surface area contributed by atoms with Crippen molar-refractivity contribution in [3.63, 3.8) is 0 Å². The number of nitrogens with one attached hydrogen (secondary N) is 3. The lowest BCUT2D eigenvalue weighted by atomic mass is 10.2. The molecule has 2 aromatic carbocycles. The molecule has 0 atom stereocenters. The fourth-order valence-corrected chi connectivity index (χ4v) is 3.55. The van der Waals surface area contributed by atoms with E-state index in [0.29, 0.717) is 16.5 Å². The highest BCUT2D eigenvalue weighted by Crippen LogP contribution is 2.22. The molecule has 0 aliphatic rings.